The first kappa shape index (κ1) is 58.4. The minimum atomic E-state index is -0.759. The molecule has 0 aromatic carbocycles. The van der Waals surface area contributed by atoms with E-state index in [9.17, 15) is 14.4 Å². The largest absolute Gasteiger partial charge is 0.462 e. The Bertz CT molecular complexity index is 905. The summed E-state index contributed by atoms with van der Waals surface area (Å²) in [5, 5.41) is 0. The molecule has 356 valence electrons. The summed E-state index contributed by atoms with van der Waals surface area (Å²) >= 11 is 0. The first-order chi connectivity index (χ1) is 29.4. The Kier molecular flexibility index (Phi) is 47.2. The van der Waals surface area contributed by atoms with Crippen LogP contribution in [0.2, 0.25) is 0 Å². The minimum absolute atomic E-state index is 0.0631. The molecule has 0 rings (SSSR count). The van der Waals surface area contributed by atoms with Gasteiger partial charge in [0.25, 0.3) is 0 Å². The second kappa shape index (κ2) is 48.4. The highest BCUT2D eigenvalue weighted by Crippen LogP contribution is 2.18. The van der Waals surface area contributed by atoms with Gasteiger partial charge in [0.15, 0.2) is 6.10 Å². The van der Waals surface area contributed by atoms with Gasteiger partial charge in [0.05, 0.1) is 0 Å². The highest BCUT2D eigenvalue weighted by Gasteiger charge is 2.19. The Labute approximate surface area is 374 Å². The van der Waals surface area contributed by atoms with Crippen LogP contribution in [0.3, 0.4) is 0 Å². The van der Waals surface area contributed by atoms with E-state index in [-0.39, 0.29) is 31.1 Å². The van der Waals surface area contributed by atoms with Gasteiger partial charge in [-0.1, -0.05) is 265 Å². The van der Waals surface area contributed by atoms with Crippen molar-refractivity contribution in [3.63, 3.8) is 0 Å². The molecule has 0 saturated carbocycles. The molecule has 0 bridgehead atoms. The Hall–Kier alpha value is -1.59. The van der Waals surface area contributed by atoms with Crippen molar-refractivity contribution in [2.45, 2.75) is 310 Å². The Morgan fingerprint density at radius 2 is 0.583 bits per heavy atom. The number of carbonyl (C=O) groups excluding carboxylic acids is 3. The van der Waals surface area contributed by atoms with Gasteiger partial charge in [-0.25, -0.2) is 0 Å². The predicted octanol–water partition coefficient (Wildman–Crippen LogP) is 17.5. The predicted molar refractivity (Wildman–Crippen MR) is 257 cm³/mol. The lowest BCUT2D eigenvalue weighted by atomic mass is 9.99. The molecule has 0 fully saturated rings. The Balaban J connectivity index is 4.08. The standard InChI is InChI=1S/C54H104O6/c1-5-8-10-12-14-15-16-23-27-30-34-37-41-45-52(55)58-48-51(60-54(57)47-43-39-32-13-11-9-6-2)49-59-53(56)46-42-38-35-31-28-25-22-20-18-17-19-21-24-26-29-33-36-40-44-50(4)7-3/h50-51H,5-49H2,1-4H3/t50?,51-/m1/s1. The van der Waals surface area contributed by atoms with Gasteiger partial charge >= 0.3 is 17.9 Å². The summed E-state index contributed by atoms with van der Waals surface area (Å²) in [5.74, 6) is 0.0601. The van der Waals surface area contributed by atoms with Crippen LogP contribution in [-0.4, -0.2) is 37.2 Å². The molecule has 6 heteroatoms. The monoisotopic (exact) mass is 849 g/mol. The molecule has 60 heavy (non-hydrogen) atoms. The van der Waals surface area contributed by atoms with Crippen molar-refractivity contribution >= 4 is 17.9 Å². The Morgan fingerprint density at radius 1 is 0.333 bits per heavy atom. The van der Waals surface area contributed by atoms with Crippen LogP contribution in [0.15, 0.2) is 0 Å². The van der Waals surface area contributed by atoms with Crippen molar-refractivity contribution in [2.24, 2.45) is 5.92 Å². The van der Waals surface area contributed by atoms with Crippen molar-refractivity contribution in [3.05, 3.63) is 0 Å². The molecule has 0 spiro atoms. The second-order valence-electron chi connectivity index (χ2n) is 18.8. The summed E-state index contributed by atoms with van der Waals surface area (Å²) in [4.78, 5) is 37.8. The minimum Gasteiger partial charge on any atom is -0.462 e. The van der Waals surface area contributed by atoms with E-state index >= 15 is 0 Å². The molecular formula is C54H104O6. The summed E-state index contributed by atoms with van der Waals surface area (Å²) in [6, 6.07) is 0. The van der Waals surface area contributed by atoms with Gasteiger partial charge in [0, 0.05) is 19.3 Å². The molecule has 0 radical (unpaired) electrons. The van der Waals surface area contributed by atoms with Gasteiger partial charge in [-0.05, 0) is 25.2 Å². The lowest BCUT2D eigenvalue weighted by Gasteiger charge is -2.18. The third kappa shape index (κ3) is 45.9. The van der Waals surface area contributed by atoms with E-state index in [1.807, 2.05) is 0 Å². The van der Waals surface area contributed by atoms with Crippen LogP contribution in [0.25, 0.3) is 0 Å². The van der Waals surface area contributed by atoms with Crippen LogP contribution in [0.4, 0.5) is 0 Å². The summed E-state index contributed by atoms with van der Waals surface area (Å²) in [7, 11) is 0. The van der Waals surface area contributed by atoms with Crippen LogP contribution in [0, 0.1) is 5.92 Å². The van der Waals surface area contributed by atoms with E-state index in [1.54, 1.807) is 0 Å². The molecule has 0 heterocycles. The zero-order chi connectivity index (χ0) is 43.8. The number of hydrogen-bond donors (Lipinski definition) is 0. The maximum absolute atomic E-state index is 12.7. The maximum Gasteiger partial charge on any atom is 0.306 e. The van der Waals surface area contributed by atoms with E-state index in [4.69, 9.17) is 14.2 Å². The number of ether oxygens (including phenoxy) is 3. The first-order valence-electron chi connectivity index (χ1n) is 26.9. The van der Waals surface area contributed by atoms with Crippen molar-refractivity contribution < 1.29 is 28.6 Å². The second-order valence-corrected chi connectivity index (χ2v) is 18.8. The lowest BCUT2D eigenvalue weighted by Crippen LogP contribution is -2.30. The fraction of sp³-hybridized carbons (Fsp3) is 0.944. The van der Waals surface area contributed by atoms with E-state index < -0.39 is 6.10 Å². The average molecular weight is 849 g/mol. The molecule has 0 aromatic heterocycles. The normalized spacial score (nSPS) is 12.4. The van der Waals surface area contributed by atoms with Gasteiger partial charge in [0.1, 0.15) is 13.2 Å². The van der Waals surface area contributed by atoms with Gasteiger partial charge in [-0.2, -0.15) is 0 Å². The molecule has 0 aromatic rings. The fourth-order valence-electron chi connectivity index (χ4n) is 8.19. The van der Waals surface area contributed by atoms with Crippen LogP contribution in [0.1, 0.15) is 304 Å². The van der Waals surface area contributed by atoms with E-state index in [1.165, 1.54) is 199 Å². The van der Waals surface area contributed by atoms with Crippen LogP contribution >= 0.6 is 0 Å². The number of rotatable bonds is 49. The third-order valence-electron chi connectivity index (χ3n) is 12.7. The number of unbranched alkanes of at least 4 members (excludes halogenated alkanes) is 35. The highest BCUT2D eigenvalue weighted by atomic mass is 16.6. The molecule has 0 aliphatic carbocycles. The molecule has 0 amide bonds. The SMILES string of the molecule is CCCCCCCCCCCCCCCC(=O)OC[C@H](COC(=O)CCCCCCCCCCCCCCCCCCCCC(C)CC)OC(=O)CCCCCCCCC. The molecule has 0 saturated heterocycles. The first-order valence-corrected chi connectivity index (χ1v) is 26.9. The molecule has 6 nitrogen and oxygen atoms in total. The zero-order valence-corrected chi connectivity index (χ0v) is 40.9. The van der Waals surface area contributed by atoms with Crippen LogP contribution < -0.4 is 0 Å². The molecule has 0 N–H and O–H groups in total. The van der Waals surface area contributed by atoms with E-state index in [0.717, 1.165) is 63.7 Å². The average Bonchev–Trinajstić information content (AvgIpc) is 3.25. The quantitative estimate of drug-likeness (QED) is 0.0345. The molecule has 0 aliphatic heterocycles. The summed E-state index contributed by atoms with van der Waals surface area (Å²) in [5.41, 5.74) is 0. The molecule has 1 unspecified atom stereocenters. The topological polar surface area (TPSA) is 78.9 Å². The maximum atomic E-state index is 12.7. The van der Waals surface area contributed by atoms with E-state index in [0.29, 0.717) is 19.3 Å². The fourth-order valence-corrected chi connectivity index (χ4v) is 8.19. The van der Waals surface area contributed by atoms with Crippen molar-refractivity contribution in [1.29, 1.82) is 0 Å². The van der Waals surface area contributed by atoms with Gasteiger partial charge in [0.2, 0.25) is 0 Å². The number of hydrogen-bond acceptors (Lipinski definition) is 6. The van der Waals surface area contributed by atoms with Gasteiger partial charge in [-0.15, -0.1) is 0 Å². The lowest BCUT2D eigenvalue weighted by molar-refractivity contribution is -0.167. The van der Waals surface area contributed by atoms with Crippen molar-refractivity contribution in [2.75, 3.05) is 13.2 Å². The van der Waals surface area contributed by atoms with Gasteiger partial charge < -0.3 is 14.2 Å². The summed E-state index contributed by atoms with van der Waals surface area (Å²) in [6.07, 6.45) is 51.0. The highest BCUT2D eigenvalue weighted by molar-refractivity contribution is 5.71. The zero-order valence-electron chi connectivity index (χ0n) is 40.9. The van der Waals surface area contributed by atoms with E-state index in [2.05, 4.69) is 27.7 Å². The molecular weight excluding hydrogens is 745 g/mol. The van der Waals surface area contributed by atoms with Crippen LogP contribution in [-0.2, 0) is 28.6 Å². The Morgan fingerprint density at radius 3 is 0.867 bits per heavy atom. The van der Waals surface area contributed by atoms with Crippen molar-refractivity contribution in [1.82, 2.24) is 0 Å². The third-order valence-corrected chi connectivity index (χ3v) is 12.7. The van der Waals surface area contributed by atoms with Gasteiger partial charge in [-0.3, -0.25) is 14.4 Å². The molecule has 0 aliphatic rings. The number of carbonyl (C=O) groups is 3. The smallest absolute Gasteiger partial charge is 0.306 e. The summed E-state index contributed by atoms with van der Waals surface area (Å²) in [6.45, 7) is 9.04. The summed E-state index contributed by atoms with van der Waals surface area (Å²) < 4.78 is 16.7. The molecule has 2 atom stereocenters. The van der Waals surface area contributed by atoms with Crippen molar-refractivity contribution in [3.8, 4) is 0 Å². The van der Waals surface area contributed by atoms with Crippen LogP contribution in [0.5, 0.6) is 0 Å². The number of esters is 3.